The van der Waals surface area contributed by atoms with Crippen LogP contribution in [0.5, 0.6) is 0 Å². The molecule has 198 valence electrons. The van der Waals surface area contributed by atoms with Crippen LogP contribution in [0.1, 0.15) is 119 Å². The summed E-state index contributed by atoms with van der Waals surface area (Å²) >= 11 is 2.76. The Balaban J connectivity index is -0.0000000686. The molecule has 0 heterocycles. The van der Waals surface area contributed by atoms with Crippen LogP contribution in [0.4, 0.5) is 0 Å². The first kappa shape index (κ1) is 46.1. The van der Waals surface area contributed by atoms with Crippen molar-refractivity contribution < 1.29 is 88.6 Å². The largest absolute Gasteiger partial charge is 1.00 e. The number of unbranched alkanes of at least 4 members (excludes halogenated alkanes) is 6. The molecule has 0 N–H and O–H groups in total. The zero-order valence-corrected chi connectivity index (χ0v) is 28.0. The molecule has 0 spiro atoms. The maximum absolute atomic E-state index is 2.27. The van der Waals surface area contributed by atoms with Crippen LogP contribution in [0.2, 0.25) is 30.1 Å². The summed E-state index contributed by atoms with van der Waals surface area (Å²) in [6.07, 6.45) is 17.1. The Hall–Kier alpha value is 2.74. The average Bonchev–Trinajstić information content (AvgIpc) is 2.69. The minimum atomic E-state index is 0. The van der Waals surface area contributed by atoms with Gasteiger partial charge >= 0.3 is 200 Å². The van der Waals surface area contributed by atoms with Gasteiger partial charge in [0, 0.05) is 0 Å². The van der Waals surface area contributed by atoms with Crippen LogP contribution in [0.15, 0.2) is 0 Å². The number of halogens is 3. The van der Waals surface area contributed by atoms with Crippen molar-refractivity contribution in [2.45, 2.75) is 149 Å². The molecular weight excluding hydrogens is 703 g/mol. The average molecular weight is 758 g/mol. The van der Waals surface area contributed by atoms with Gasteiger partial charge in [-0.3, -0.25) is 0 Å². The molecule has 0 radical (unpaired) electrons. The molecule has 0 aliphatic heterocycles. The molecule has 0 amide bonds. The normalized spacial score (nSPS) is 9.40. The summed E-state index contributed by atoms with van der Waals surface area (Å²) in [6, 6.07) is 0. The van der Waals surface area contributed by atoms with E-state index in [9.17, 15) is 0 Å². The molecule has 30 heavy (non-hydrogen) atoms. The molecular formula is C24H54Cl3Rh3. The van der Waals surface area contributed by atoms with E-state index in [-0.39, 0.29) is 37.2 Å². The Labute approximate surface area is 235 Å². The van der Waals surface area contributed by atoms with Gasteiger partial charge in [0.05, 0.1) is 0 Å². The van der Waals surface area contributed by atoms with E-state index in [1.807, 2.05) is 0 Å². The Bertz CT molecular complexity index is 161. The summed E-state index contributed by atoms with van der Waals surface area (Å²) in [5.41, 5.74) is 0. The van der Waals surface area contributed by atoms with Crippen molar-refractivity contribution in [2.75, 3.05) is 0 Å². The maximum atomic E-state index is 2.27. The zero-order chi connectivity index (χ0) is 20.8. The molecule has 0 aliphatic carbocycles. The monoisotopic (exact) mass is 756 g/mol. The van der Waals surface area contributed by atoms with Crippen LogP contribution >= 0.6 is 0 Å². The minimum absolute atomic E-state index is 0. The van der Waals surface area contributed by atoms with E-state index in [1.165, 1.54) is 107 Å². The molecule has 0 aromatic heterocycles. The van der Waals surface area contributed by atoms with Gasteiger partial charge < -0.3 is 37.2 Å². The SMILES string of the molecule is CCC[CH2][Rh+][CH2]CCC.CCC[CH2][Rh+][CH2]CCC.CCC[CH2][Rh+][CH2]CCC.[Cl-].[Cl-].[Cl-]. The Morgan fingerprint density at radius 2 is 0.433 bits per heavy atom. The molecule has 0 saturated heterocycles. The summed E-state index contributed by atoms with van der Waals surface area (Å²) in [6.45, 7) is 13.6. The summed E-state index contributed by atoms with van der Waals surface area (Å²) in [5, 5.41) is 9.15. The van der Waals surface area contributed by atoms with Gasteiger partial charge in [-0.2, -0.15) is 0 Å². The number of hydrogen-bond acceptors (Lipinski definition) is 0. The van der Waals surface area contributed by atoms with Crippen LogP contribution in [0.3, 0.4) is 0 Å². The van der Waals surface area contributed by atoms with E-state index in [2.05, 4.69) is 41.5 Å². The van der Waals surface area contributed by atoms with Crippen LogP contribution in [0.25, 0.3) is 0 Å². The molecule has 0 unspecified atom stereocenters. The van der Waals surface area contributed by atoms with Gasteiger partial charge in [0.15, 0.2) is 0 Å². The second-order valence-electron chi connectivity index (χ2n) is 6.62. The van der Waals surface area contributed by atoms with Crippen molar-refractivity contribution >= 4 is 0 Å². The van der Waals surface area contributed by atoms with Crippen molar-refractivity contribution in [3.8, 4) is 0 Å². The van der Waals surface area contributed by atoms with Crippen LogP contribution in [-0.4, -0.2) is 0 Å². The fourth-order valence-corrected chi connectivity index (χ4v) is 8.62. The maximum Gasteiger partial charge on any atom is -1.00 e. The summed E-state index contributed by atoms with van der Waals surface area (Å²) in [5.74, 6) is 0. The van der Waals surface area contributed by atoms with Crippen molar-refractivity contribution in [1.29, 1.82) is 0 Å². The molecule has 0 bridgehead atoms. The van der Waals surface area contributed by atoms with Crippen LogP contribution < -0.4 is 37.2 Å². The molecule has 0 fully saturated rings. The molecule has 0 aliphatic rings. The quantitative estimate of drug-likeness (QED) is 0.147. The molecule has 0 nitrogen and oxygen atoms in total. The minimum Gasteiger partial charge on any atom is -1.00 e. The van der Waals surface area contributed by atoms with Crippen LogP contribution in [0, 0.1) is 0 Å². The summed E-state index contributed by atoms with van der Waals surface area (Å²) in [4.78, 5) is 0. The van der Waals surface area contributed by atoms with E-state index in [4.69, 9.17) is 0 Å². The third kappa shape index (κ3) is 63.2. The molecule has 0 rings (SSSR count). The summed E-state index contributed by atoms with van der Waals surface area (Å²) in [7, 11) is 0. The molecule has 0 atom stereocenters. The fraction of sp³-hybridized carbons (Fsp3) is 1.00. The van der Waals surface area contributed by atoms with Crippen molar-refractivity contribution in [3.63, 3.8) is 0 Å². The first-order valence-electron chi connectivity index (χ1n) is 11.7. The topological polar surface area (TPSA) is 0 Å². The van der Waals surface area contributed by atoms with Gasteiger partial charge in [0.25, 0.3) is 0 Å². The third-order valence-corrected chi connectivity index (χ3v) is 10.5. The van der Waals surface area contributed by atoms with E-state index in [0.29, 0.717) is 0 Å². The van der Waals surface area contributed by atoms with Crippen molar-refractivity contribution in [3.05, 3.63) is 0 Å². The predicted octanol–water partition coefficient (Wildman–Crippen LogP) is 1.53. The van der Waals surface area contributed by atoms with Gasteiger partial charge in [-0.25, -0.2) is 0 Å². The first-order chi connectivity index (χ1) is 13.2. The van der Waals surface area contributed by atoms with Crippen molar-refractivity contribution in [2.24, 2.45) is 0 Å². The van der Waals surface area contributed by atoms with E-state index in [1.54, 1.807) is 0 Å². The van der Waals surface area contributed by atoms with Gasteiger partial charge in [-0.1, -0.05) is 0 Å². The van der Waals surface area contributed by atoms with Crippen LogP contribution in [-0.2, 0) is 51.4 Å². The zero-order valence-electron chi connectivity index (χ0n) is 20.9. The Kier molecular flexibility index (Phi) is 81.8. The molecule has 6 heteroatoms. The van der Waals surface area contributed by atoms with Gasteiger partial charge in [0.1, 0.15) is 0 Å². The molecule has 0 aromatic carbocycles. The van der Waals surface area contributed by atoms with Gasteiger partial charge in [0.2, 0.25) is 0 Å². The number of hydrogen-bond donors (Lipinski definition) is 0. The predicted molar refractivity (Wildman–Crippen MR) is 118 cm³/mol. The van der Waals surface area contributed by atoms with Gasteiger partial charge in [-0.05, 0) is 0 Å². The third-order valence-electron chi connectivity index (χ3n) is 3.54. The second-order valence-corrected chi connectivity index (χ2v) is 14.0. The fourth-order valence-electron chi connectivity index (χ4n) is 1.46. The Morgan fingerprint density at radius 3 is 0.533 bits per heavy atom. The Morgan fingerprint density at radius 1 is 0.300 bits per heavy atom. The smallest absolute Gasteiger partial charge is 1.00 e. The van der Waals surface area contributed by atoms with E-state index >= 15 is 0 Å². The second kappa shape index (κ2) is 53.2. The van der Waals surface area contributed by atoms with E-state index in [0.717, 1.165) is 51.4 Å². The standard InChI is InChI=1S/6C4H9.3ClH.3Rh/c6*1-3-4-2;;;;;;/h6*1,3-4H2,2H3;3*1H;;;/q;;;;;;;;;3*+1/p-3. The summed E-state index contributed by atoms with van der Waals surface area (Å²) < 4.78 is 0. The first-order valence-corrected chi connectivity index (χ1v) is 18.6. The van der Waals surface area contributed by atoms with Gasteiger partial charge in [-0.15, -0.1) is 0 Å². The molecule has 0 aromatic rings. The van der Waals surface area contributed by atoms with E-state index < -0.39 is 0 Å². The molecule has 0 saturated carbocycles. The van der Waals surface area contributed by atoms with Crippen molar-refractivity contribution in [1.82, 2.24) is 0 Å². The number of rotatable bonds is 18.